The summed E-state index contributed by atoms with van der Waals surface area (Å²) >= 11 is 0. The summed E-state index contributed by atoms with van der Waals surface area (Å²) in [5.74, 6) is -0.462. The van der Waals surface area contributed by atoms with Crippen molar-refractivity contribution in [3.63, 3.8) is 0 Å². The average molecular weight is 233 g/mol. The van der Waals surface area contributed by atoms with Gasteiger partial charge in [-0.1, -0.05) is 24.3 Å². The molecule has 0 spiro atoms. The zero-order valence-corrected chi connectivity index (χ0v) is 9.76. The van der Waals surface area contributed by atoms with Crippen LogP contribution in [0.1, 0.15) is 24.5 Å². The molecule has 1 aliphatic carbocycles. The first-order valence-corrected chi connectivity index (χ1v) is 5.69. The molecule has 0 saturated heterocycles. The SMILES string of the molecule is CC(=O)ON(C=O)C1CCc2ccccc2C1. The molecule has 17 heavy (non-hydrogen) atoms. The highest BCUT2D eigenvalue weighted by Gasteiger charge is 2.25. The molecule has 0 aromatic heterocycles. The van der Waals surface area contributed by atoms with Crippen molar-refractivity contribution >= 4 is 12.4 Å². The molecule has 1 unspecified atom stereocenters. The molecule has 90 valence electrons. The second-order valence-corrected chi connectivity index (χ2v) is 4.21. The molecule has 0 radical (unpaired) electrons. The number of hydroxylamine groups is 2. The number of carbonyl (C=O) groups is 2. The molecule has 0 aliphatic heterocycles. The van der Waals surface area contributed by atoms with Crippen LogP contribution in [0.3, 0.4) is 0 Å². The Balaban J connectivity index is 2.10. The van der Waals surface area contributed by atoms with Crippen molar-refractivity contribution in [3.8, 4) is 0 Å². The van der Waals surface area contributed by atoms with Crippen molar-refractivity contribution < 1.29 is 14.4 Å². The van der Waals surface area contributed by atoms with Gasteiger partial charge in [0.25, 0.3) is 0 Å². The minimum atomic E-state index is -0.462. The fourth-order valence-corrected chi connectivity index (χ4v) is 2.23. The molecule has 0 N–H and O–H groups in total. The van der Waals surface area contributed by atoms with Crippen LogP contribution in [0.5, 0.6) is 0 Å². The van der Waals surface area contributed by atoms with E-state index in [2.05, 4.69) is 12.1 Å². The van der Waals surface area contributed by atoms with Crippen LogP contribution in [0.25, 0.3) is 0 Å². The van der Waals surface area contributed by atoms with Gasteiger partial charge in [-0.25, -0.2) is 0 Å². The minimum Gasteiger partial charge on any atom is -0.338 e. The monoisotopic (exact) mass is 233 g/mol. The van der Waals surface area contributed by atoms with Crippen LogP contribution < -0.4 is 0 Å². The second-order valence-electron chi connectivity index (χ2n) is 4.21. The van der Waals surface area contributed by atoms with Crippen molar-refractivity contribution in [1.29, 1.82) is 0 Å². The molecular weight excluding hydrogens is 218 g/mol. The lowest BCUT2D eigenvalue weighted by molar-refractivity contribution is -0.198. The molecule has 4 heteroatoms. The van der Waals surface area contributed by atoms with Gasteiger partial charge in [0.1, 0.15) is 0 Å². The maximum atomic E-state index is 10.9. The van der Waals surface area contributed by atoms with Crippen LogP contribution in [-0.2, 0) is 27.3 Å². The third-order valence-electron chi connectivity index (χ3n) is 3.02. The van der Waals surface area contributed by atoms with Gasteiger partial charge in [-0.15, -0.1) is 0 Å². The molecule has 0 bridgehead atoms. The molecule has 0 saturated carbocycles. The van der Waals surface area contributed by atoms with Crippen molar-refractivity contribution in [3.05, 3.63) is 35.4 Å². The lowest BCUT2D eigenvalue weighted by Crippen LogP contribution is -2.39. The number of hydrogen-bond acceptors (Lipinski definition) is 3. The summed E-state index contributed by atoms with van der Waals surface area (Å²) in [6, 6.07) is 8.10. The van der Waals surface area contributed by atoms with Gasteiger partial charge in [-0.05, 0) is 30.4 Å². The number of rotatable bonds is 3. The van der Waals surface area contributed by atoms with Gasteiger partial charge in [0, 0.05) is 6.92 Å². The van der Waals surface area contributed by atoms with E-state index >= 15 is 0 Å². The Morgan fingerprint density at radius 2 is 2.12 bits per heavy atom. The Morgan fingerprint density at radius 3 is 2.76 bits per heavy atom. The third kappa shape index (κ3) is 2.64. The quantitative estimate of drug-likeness (QED) is 0.587. The zero-order valence-electron chi connectivity index (χ0n) is 9.76. The first-order chi connectivity index (χ1) is 8.20. The van der Waals surface area contributed by atoms with Crippen molar-refractivity contribution in [2.45, 2.75) is 32.2 Å². The summed E-state index contributed by atoms with van der Waals surface area (Å²) in [6.45, 7) is 1.30. The van der Waals surface area contributed by atoms with Gasteiger partial charge in [-0.2, -0.15) is 5.06 Å². The number of fused-ring (bicyclic) bond motifs is 1. The van der Waals surface area contributed by atoms with E-state index in [0.717, 1.165) is 24.3 Å². The highest BCUT2D eigenvalue weighted by molar-refractivity contribution is 5.67. The Kier molecular flexibility index (Phi) is 3.42. The van der Waals surface area contributed by atoms with E-state index < -0.39 is 5.97 Å². The largest absolute Gasteiger partial charge is 0.338 e. The fraction of sp³-hybridized carbons (Fsp3) is 0.385. The average Bonchev–Trinajstić information content (AvgIpc) is 2.35. The summed E-state index contributed by atoms with van der Waals surface area (Å²) in [4.78, 5) is 26.7. The molecule has 0 heterocycles. The van der Waals surface area contributed by atoms with Gasteiger partial charge in [0.15, 0.2) is 0 Å². The third-order valence-corrected chi connectivity index (χ3v) is 3.02. The fourth-order valence-electron chi connectivity index (χ4n) is 2.23. The summed E-state index contributed by atoms with van der Waals surface area (Å²) in [5.41, 5.74) is 2.54. The van der Waals surface area contributed by atoms with E-state index in [-0.39, 0.29) is 6.04 Å². The van der Waals surface area contributed by atoms with E-state index in [1.165, 1.54) is 18.1 Å². The highest BCUT2D eigenvalue weighted by Crippen LogP contribution is 2.23. The number of nitrogens with zero attached hydrogens (tertiary/aromatic N) is 1. The van der Waals surface area contributed by atoms with Crippen molar-refractivity contribution in [2.75, 3.05) is 0 Å². The lowest BCUT2D eigenvalue weighted by Gasteiger charge is -2.30. The summed E-state index contributed by atoms with van der Waals surface area (Å²) in [5, 5.41) is 1.14. The van der Waals surface area contributed by atoms with Gasteiger partial charge < -0.3 is 4.84 Å². The van der Waals surface area contributed by atoms with E-state index in [0.29, 0.717) is 6.41 Å². The summed E-state index contributed by atoms with van der Waals surface area (Å²) in [7, 11) is 0. The standard InChI is InChI=1S/C13H15NO3/c1-10(16)17-14(9-15)13-7-6-11-4-2-3-5-12(11)8-13/h2-5,9,13H,6-8H2,1H3. The predicted octanol–water partition coefficient (Wildman–Crippen LogP) is 1.48. The summed E-state index contributed by atoms with van der Waals surface area (Å²) < 4.78 is 0. The van der Waals surface area contributed by atoms with Gasteiger partial charge in [0.05, 0.1) is 6.04 Å². The Hall–Kier alpha value is -1.84. The number of amides is 1. The van der Waals surface area contributed by atoms with E-state index in [1.54, 1.807) is 0 Å². The van der Waals surface area contributed by atoms with E-state index in [9.17, 15) is 9.59 Å². The molecule has 1 amide bonds. The van der Waals surface area contributed by atoms with Crippen molar-refractivity contribution in [1.82, 2.24) is 5.06 Å². The smallest absolute Gasteiger partial charge is 0.329 e. The first kappa shape index (κ1) is 11.6. The molecule has 1 aliphatic rings. The number of benzene rings is 1. The van der Waals surface area contributed by atoms with Gasteiger partial charge >= 0.3 is 5.97 Å². The normalized spacial score (nSPS) is 18.1. The molecule has 1 aromatic carbocycles. The van der Waals surface area contributed by atoms with Crippen LogP contribution >= 0.6 is 0 Å². The lowest BCUT2D eigenvalue weighted by atomic mass is 9.88. The molecule has 4 nitrogen and oxygen atoms in total. The number of aryl methyl sites for hydroxylation is 1. The second kappa shape index (κ2) is 4.99. The van der Waals surface area contributed by atoms with E-state index in [4.69, 9.17) is 4.84 Å². The highest BCUT2D eigenvalue weighted by atomic mass is 16.7. The first-order valence-electron chi connectivity index (χ1n) is 5.69. The Morgan fingerprint density at radius 1 is 1.41 bits per heavy atom. The van der Waals surface area contributed by atoms with Gasteiger partial charge in [-0.3, -0.25) is 9.59 Å². The number of hydrogen-bond donors (Lipinski definition) is 0. The minimum absolute atomic E-state index is 0.0497. The number of carbonyl (C=O) groups excluding carboxylic acids is 2. The van der Waals surface area contributed by atoms with Crippen molar-refractivity contribution in [2.24, 2.45) is 0 Å². The molecule has 1 aromatic rings. The molecular formula is C13H15NO3. The van der Waals surface area contributed by atoms with E-state index in [1.807, 2.05) is 12.1 Å². The summed E-state index contributed by atoms with van der Waals surface area (Å²) in [6.07, 6.45) is 3.05. The molecule has 0 fully saturated rings. The van der Waals surface area contributed by atoms with Crippen LogP contribution in [0.2, 0.25) is 0 Å². The van der Waals surface area contributed by atoms with Crippen LogP contribution in [-0.4, -0.2) is 23.5 Å². The van der Waals surface area contributed by atoms with Crippen LogP contribution in [0.4, 0.5) is 0 Å². The topological polar surface area (TPSA) is 46.6 Å². The van der Waals surface area contributed by atoms with Gasteiger partial charge in [0.2, 0.25) is 6.41 Å². The zero-order chi connectivity index (χ0) is 12.3. The predicted molar refractivity (Wildman–Crippen MR) is 61.9 cm³/mol. The Labute approximate surface area is 100 Å². The molecule has 1 atom stereocenters. The van der Waals surface area contributed by atoms with Crippen LogP contribution in [0.15, 0.2) is 24.3 Å². The maximum Gasteiger partial charge on any atom is 0.329 e. The van der Waals surface area contributed by atoms with Crippen LogP contribution in [0, 0.1) is 0 Å². The molecule has 2 rings (SSSR count). The maximum absolute atomic E-state index is 10.9. The Bertz CT molecular complexity index is 430.